The third kappa shape index (κ3) is 2.39. The highest BCUT2D eigenvalue weighted by atomic mass is 19.1. The van der Waals surface area contributed by atoms with E-state index in [1.165, 1.54) is 19.2 Å². The number of ether oxygens (including phenoxy) is 1. The summed E-state index contributed by atoms with van der Waals surface area (Å²) in [6, 6.07) is 3.83. The second kappa shape index (κ2) is 4.61. The Bertz CT molecular complexity index is 402. The molecule has 0 saturated carbocycles. The lowest BCUT2D eigenvalue weighted by molar-refractivity contribution is 0.0894. The Morgan fingerprint density at radius 3 is 2.69 bits per heavy atom. The number of carbonyl (C=O) groups excluding carboxylic acids is 1. The van der Waals surface area contributed by atoms with E-state index in [9.17, 15) is 9.18 Å². The molecule has 0 spiro atoms. The molecule has 0 heterocycles. The Labute approximate surface area is 94.4 Å². The second-order valence-electron chi connectivity index (χ2n) is 3.94. The monoisotopic (exact) mass is 225 g/mol. The molecular weight excluding hydrogens is 209 g/mol. The van der Waals surface area contributed by atoms with E-state index in [4.69, 9.17) is 10.5 Å². The Balaban J connectivity index is 3.21. The number of hydrogen-bond donors (Lipinski definition) is 1. The minimum absolute atomic E-state index is 0.189. The SMILES string of the molecule is CCC(C)(N)C(=O)c1cc(F)ccc1OC. The standard InChI is InChI=1S/C12H16FNO2/c1-4-12(2,14)11(15)9-7-8(13)5-6-10(9)16-3/h5-7H,4,14H2,1-3H3. The van der Waals surface area contributed by atoms with Gasteiger partial charge in [-0.25, -0.2) is 4.39 Å². The molecule has 1 rings (SSSR count). The van der Waals surface area contributed by atoms with Crippen LogP contribution in [-0.2, 0) is 0 Å². The molecule has 2 N–H and O–H groups in total. The smallest absolute Gasteiger partial charge is 0.186 e. The second-order valence-corrected chi connectivity index (χ2v) is 3.94. The first-order chi connectivity index (χ1) is 7.42. The van der Waals surface area contributed by atoms with Crippen LogP contribution in [0.15, 0.2) is 18.2 Å². The van der Waals surface area contributed by atoms with Gasteiger partial charge in [0.05, 0.1) is 18.2 Å². The normalized spacial score (nSPS) is 14.3. The summed E-state index contributed by atoms with van der Waals surface area (Å²) >= 11 is 0. The van der Waals surface area contributed by atoms with E-state index in [-0.39, 0.29) is 11.3 Å². The molecule has 0 amide bonds. The van der Waals surface area contributed by atoms with Crippen molar-refractivity contribution in [2.75, 3.05) is 7.11 Å². The van der Waals surface area contributed by atoms with Crippen LogP contribution >= 0.6 is 0 Å². The van der Waals surface area contributed by atoms with E-state index in [1.807, 2.05) is 6.92 Å². The summed E-state index contributed by atoms with van der Waals surface area (Å²) in [4.78, 5) is 12.1. The van der Waals surface area contributed by atoms with Gasteiger partial charge in [-0.1, -0.05) is 6.92 Å². The topological polar surface area (TPSA) is 52.3 Å². The number of halogens is 1. The summed E-state index contributed by atoms with van der Waals surface area (Å²) in [6.45, 7) is 3.43. The molecule has 0 saturated heterocycles. The maximum absolute atomic E-state index is 13.1. The minimum atomic E-state index is -0.999. The van der Waals surface area contributed by atoms with Gasteiger partial charge in [0.1, 0.15) is 11.6 Å². The largest absolute Gasteiger partial charge is 0.496 e. The number of rotatable bonds is 4. The van der Waals surface area contributed by atoms with Crippen molar-refractivity contribution in [3.63, 3.8) is 0 Å². The van der Waals surface area contributed by atoms with Crippen LogP contribution < -0.4 is 10.5 Å². The summed E-state index contributed by atoms with van der Waals surface area (Å²) in [7, 11) is 1.43. The fourth-order valence-corrected chi connectivity index (χ4v) is 1.33. The first-order valence-electron chi connectivity index (χ1n) is 5.09. The van der Waals surface area contributed by atoms with E-state index in [0.717, 1.165) is 6.07 Å². The van der Waals surface area contributed by atoms with E-state index >= 15 is 0 Å². The molecule has 0 fully saturated rings. The third-order valence-corrected chi connectivity index (χ3v) is 2.66. The van der Waals surface area contributed by atoms with Crippen LogP contribution in [0, 0.1) is 5.82 Å². The molecule has 0 aliphatic carbocycles. The highest BCUT2D eigenvalue weighted by Gasteiger charge is 2.29. The van der Waals surface area contributed by atoms with Crippen molar-refractivity contribution in [3.05, 3.63) is 29.6 Å². The van der Waals surface area contributed by atoms with Crippen LogP contribution in [0.25, 0.3) is 0 Å². The summed E-state index contributed by atoms with van der Waals surface area (Å²) in [5.41, 5.74) is 5.03. The Hall–Kier alpha value is -1.42. The lowest BCUT2D eigenvalue weighted by atomic mass is 9.89. The van der Waals surface area contributed by atoms with E-state index in [0.29, 0.717) is 12.2 Å². The number of hydrogen-bond acceptors (Lipinski definition) is 3. The van der Waals surface area contributed by atoms with Gasteiger partial charge in [-0.2, -0.15) is 0 Å². The number of carbonyl (C=O) groups is 1. The van der Waals surface area contributed by atoms with Crippen molar-refractivity contribution < 1.29 is 13.9 Å². The number of methoxy groups -OCH3 is 1. The molecule has 16 heavy (non-hydrogen) atoms. The molecule has 0 aliphatic rings. The van der Waals surface area contributed by atoms with Gasteiger partial charge >= 0.3 is 0 Å². The first kappa shape index (κ1) is 12.6. The molecule has 0 radical (unpaired) electrons. The molecule has 88 valence electrons. The van der Waals surface area contributed by atoms with Gasteiger partial charge in [-0.05, 0) is 31.5 Å². The number of benzene rings is 1. The average molecular weight is 225 g/mol. The Morgan fingerprint density at radius 1 is 1.56 bits per heavy atom. The lowest BCUT2D eigenvalue weighted by Crippen LogP contribution is -2.44. The zero-order chi connectivity index (χ0) is 12.3. The Morgan fingerprint density at radius 2 is 2.19 bits per heavy atom. The fraction of sp³-hybridized carbons (Fsp3) is 0.417. The molecule has 1 aromatic rings. The summed E-state index contributed by atoms with van der Waals surface area (Å²) < 4.78 is 18.1. The van der Waals surface area contributed by atoms with Gasteiger partial charge in [-0.3, -0.25) is 4.79 Å². The number of Topliss-reactive ketones (excluding diaryl/α,β-unsaturated/α-hetero) is 1. The summed E-state index contributed by atoms with van der Waals surface area (Å²) in [6.07, 6.45) is 0.478. The zero-order valence-electron chi connectivity index (χ0n) is 9.71. The van der Waals surface area contributed by atoms with Crippen molar-refractivity contribution in [3.8, 4) is 5.75 Å². The molecule has 0 aliphatic heterocycles. The maximum Gasteiger partial charge on any atom is 0.186 e. The highest BCUT2D eigenvalue weighted by Crippen LogP contribution is 2.24. The van der Waals surface area contributed by atoms with Gasteiger partial charge in [-0.15, -0.1) is 0 Å². The van der Waals surface area contributed by atoms with Crippen molar-refractivity contribution in [2.45, 2.75) is 25.8 Å². The van der Waals surface area contributed by atoms with Crippen LogP contribution in [0.1, 0.15) is 30.6 Å². The van der Waals surface area contributed by atoms with Gasteiger partial charge in [0.15, 0.2) is 5.78 Å². The van der Waals surface area contributed by atoms with Crippen LogP contribution in [-0.4, -0.2) is 18.4 Å². The third-order valence-electron chi connectivity index (χ3n) is 2.66. The van der Waals surface area contributed by atoms with Gasteiger partial charge in [0.25, 0.3) is 0 Å². The summed E-state index contributed by atoms with van der Waals surface area (Å²) in [5, 5.41) is 0. The van der Waals surface area contributed by atoms with E-state index in [2.05, 4.69) is 0 Å². The van der Waals surface area contributed by atoms with Crippen LogP contribution in [0.3, 0.4) is 0 Å². The Kier molecular flexibility index (Phi) is 3.65. The number of ketones is 1. The van der Waals surface area contributed by atoms with Crippen molar-refractivity contribution >= 4 is 5.78 Å². The van der Waals surface area contributed by atoms with E-state index in [1.54, 1.807) is 6.92 Å². The molecule has 0 aromatic heterocycles. The number of nitrogens with two attached hydrogens (primary N) is 1. The first-order valence-corrected chi connectivity index (χ1v) is 5.09. The molecule has 4 heteroatoms. The van der Waals surface area contributed by atoms with Gasteiger partial charge in [0.2, 0.25) is 0 Å². The quantitative estimate of drug-likeness (QED) is 0.799. The molecule has 1 unspecified atom stereocenters. The van der Waals surface area contributed by atoms with Crippen LogP contribution in [0.5, 0.6) is 5.75 Å². The summed E-state index contributed by atoms with van der Waals surface area (Å²) in [5.74, 6) is -0.445. The molecular formula is C12H16FNO2. The lowest BCUT2D eigenvalue weighted by Gasteiger charge is -2.22. The molecule has 0 bridgehead atoms. The molecule has 1 aromatic carbocycles. The predicted octanol–water partition coefficient (Wildman–Crippen LogP) is 2.14. The fourth-order valence-electron chi connectivity index (χ4n) is 1.33. The van der Waals surface area contributed by atoms with E-state index < -0.39 is 11.4 Å². The van der Waals surface area contributed by atoms with Crippen molar-refractivity contribution in [2.24, 2.45) is 5.73 Å². The average Bonchev–Trinajstić information content (AvgIpc) is 2.28. The maximum atomic E-state index is 13.1. The highest BCUT2D eigenvalue weighted by molar-refractivity contribution is 6.04. The van der Waals surface area contributed by atoms with Crippen LogP contribution in [0.2, 0.25) is 0 Å². The zero-order valence-corrected chi connectivity index (χ0v) is 9.71. The predicted molar refractivity (Wildman–Crippen MR) is 60.2 cm³/mol. The van der Waals surface area contributed by atoms with Crippen molar-refractivity contribution in [1.82, 2.24) is 0 Å². The van der Waals surface area contributed by atoms with Gasteiger partial charge in [0, 0.05) is 0 Å². The minimum Gasteiger partial charge on any atom is -0.496 e. The van der Waals surface area contributed by atoms with Crippen LogP contribution in [0.4, 0.5) is 4.39 Å². The molecule has 1 atom stereocenters. The molecule has 3 nitrogen and oxygen atoms in total. The van der Waals surface area contributed by atoms with Gasteiger partial charge < -0.3 is 10.5 Å². The van der Waals surface area contributed by atoms with Crippen molar-refractivity contribution in [1.29, 1.82) is 0 Å².